The average molecular weight is 495 g/mol. The van der Waals surface area contributed by atoms with E-state index in [1.807, 2.05) is 49.4 Å². The van der Waals surface area contributed by atoms with Crippen molar-refractivity contribution < 1.29 is 9.59 Å². The summed E-state index contributed by atoms with van der Waals surface area (Å²) < 4.78 is 2.65. The number of hydrogen-bond acceptors (Lipinski definition) is 5. The monoisotopic (exact) mass is 494 g/mol. The summed E-state index contributed by atoms with van der Waals surface area (Å²) in [6, 6.07) is 14.9. The summed E-state index contributed by atoms with van der Waals surface area (Å²) in [5, 5.41) is 4.29. The van der Waals surface area contributed by atoms with Gasteiger partial charge in [-0.05, 0) is 42.8 Å². The number of carbonyl (C=O) groups is 2. The topological polar surface area (TPSA) is 76.9 Å². The number of hydrogen-bond donors (Lipinski definition) is 1. The fourth-order valence-corrected chi connectivity index (χ4v) is 4.40. The summed E-state index contributed by atoms with van der Waals surface area (Å²) >= 11 is 4.71. The molecule has 0 fully saturated rings. The molecule has 2 heterocycles. The number of amides is 1. The van der Waals surface area contributed by atoms with E-state index in [1.165, 1.54) is 11.8 Å². The Hall–Kier alpha value is -2.97. The Morgan fingerprint density at radius 1 is 1.16 bits per heavy atom. The Labute approximate surface area is 192 Å². The van der Waals surface area contributed by atoms with Crippen LogP contribution in [0.3, 0.4) is 0 Å². The highest BCUT2D eigenvalue weighted by Crippen LogP contribution is 2.26. The number of aryl methyl sites for hydroxylation is 2. The summed E-state index contributed by atoms with van der Waals surface area (Å²) in [5.74, 6) is 0.220. The molecule has 8 heteroatoms. The molecule has 6 nitrogen and oxygen atoms in total. The number of para-hydroxylation sites is 1. The number of nitrogens with one attached hydrogen (secondary N) is 1. The first-order chi connectivity index (χ1) is 14.9. The molecule has 0 unspecified atom stereocenters. The number of aromatic nitrogens is 3. The van der Waals surface area contributed by atoms with Crippen LogP contribution in [-0.4, -0.2) is 32.0 Å². The van der Waals surface area contributed by atoms with Crippen LogP contribution < -0.4 is 5.32 Å². The number of rotatable bonds is 6. The van der Waals surface area contributed by atoms with Gasteiger partial charge in [0, 0.05) is 40.6 Å². The van der Waals surface area contributed by atoms with E-state index in [1.54, 1.807) is 30.1 Å². The number of halogens is 1. The van der Waals surface area contributed by atoms with Crippen LogP contribution >= 0.6 is 27.7 Å². The molecule has 4 aromatic rings. The van der Waals surface area contributed by atoms with Gasteiger partial charge in [0.15, 0.2) is 5.82 Å². The van der Waals surface area contributed by atoms with Gasteiger partial charge in [0.05, 0.1) is 16.3 Å². The number of pyridine rings is 1. The van der Waals surface area contributed by atoms with Crippen LogP contribution in [0, 0.1) is 6.92 Å². The standard InChI is InChI=1S/C23H19BrN4O2S/c1-14-11-15(24)7-8-18(14)26-20(29)13-31-21-12-17(16-5-3-4-6-19(16)27-21)22(30)23-25-9-10-28(23)2/h3-12H,13H2,1-2H3,(H,26,29). The lowest BCUT2D eigenvalue weighted by molar-refractivity contribution is -0.113. The highest BCUT2D eigenvalue weighted by atomic mass is 79.9. The first kappa shape index (κ1) is 21.3. The number of carbonyl (C=O) groups excluding carboxylic acids is 2. The molecule has 156 valence electrons. The molecule has 4 rings (SSSR count). The van der Waals surface area contributed by atoms with Gasteiger partial charge < -0.3 is 9.88 Å². The number of benzene rings is 2. The number of anilines is 1. The maximum atomic E-state index is 13.1. The second-order valence-corrected chi connectivity index (χ2v) is 8.92. The average Bonchev–Trinajstić information content (AvgIpc) is 3.19. The van der Waals surface area contributed by atoms with Crippen LogP contribution in [0.1, 0.15) is 21.7 Å². The molecule has 0 saturated carbocycles. The van der Waals surface area contributed by atoms with E-state index >= 15 is 0 Å². The molecular weight excluding hydrogens is 476 g/mol. The molecule has 0 aliphatic rings. The molecule has 1 N–H and O–H groups in total. The minimum absolute atomic E-state index is 0.137. The maximum Gasteiger partial charge on any atom is 0.234 e. The molecule has 0 saturated heterocycles. The predicted octanol–water partition coefficient (Wildman–Crippen LogP) is 5.00. The number of thioether (sulfide) groups is 1. The van der Waals surface area contributed by atoms with Crippen molar-refractivity contribution in [2.45, 2.75) is 11.9 Å². The van der Waals surface area contributed by atoms with E-state index in [0.717, 1.165) is 21.1 Å². The van der Waals surface area contributed by atoms with Crippen molar-refractivity contribution >= 4 is 56.0 Å². The molecule has 0 radical (unpaired) electrons. The van der Waals surface area contributed by atoms with Crippen LogP contribution in [0.5, 0.6) is 0 Å². The van der Waals surface area contributed by atoms with Crippen molar-refractivity contribution in [1.29, 1.82) is 0 Å². The van der Waals surface area contributed by atoms with Gasteiger partial charge in [-0.3, -0.25) is 9.59 Å². The zero-order valence-electron chi connectivity index (χ0n) is 16.9. The minimum atomic E-state index is -0.178. The Kier molecular flexibility index (Phi) is 6.20. The summed E-state index contributed by atoms with van der Waals surface area (Å²) in [6.07, 6.45) is 3.33. The lowest BCUT2D eigenvalue weighted by Gasteiger charge is -2.10. The van der Waals surface area contributed by atoms with Gasteiger partial charge in [-0.2, -0.15) is 0 Å². The van der Waals surface area contributed by atoms with Gasteiger partial charge in [-0.25, -0.2) is 9.97 Å². The van der Waals surface area contributed by atoms with Crippen LogP contribution in [0.4, 0.5) is 5.69 Å². The number of ketones is 1. The second-order valence-electron chi connectivity index (χ2n) is 7.01. The first-order valence-electron chi connectivity index (χ1n) is 9.53. The van der Waals surface area contributed by atoms with Crippen molar-refractivity contribution in [2.24, 2.45) is 7.05 Å². The van der Waals surface area contributed by atoms with Crippen molar-refractivity contribution in [3.63, 3.8) is 0 Å². The van der Waals surface area contributed by atoms with E-state index in [0.29, 0.717) is 21.9 Å². The molecular formula is C23H19BrN4O2S. The molecule has 1 amide bonds. The smallest absolute Gasteiger partial charge is 0.234 e. The number of nitrogens with zero attached hydrogens (tertiary/aromatic N) is 3. The van der Waals surface area contributed by atoms with Gasteiger partial charge in [0.2, 0.25) is 11.7 Å². The van der Waals surface area contributed by atoms with Gasteiger partial charge in [-0.1, -0.05) is 45.9 Å². The zero-order chi connectivity index (χ0) is 22.0. The zero-order valence-corrected chi connectivity index (χ0v) is 19.3. The third kappa shape index (κ3) is 4.70. The Morgan fingerprint density at radius 3 is 2.71 bits per heavy atom. The van der Waals surface area contributed by atoms with E-state index in [4.69, 9.17) is 0 Å². The normalized spacial score (nSPS) is 10.9. The maximum absolute atomic E-state index is 13.1. The quantitative estimate of drug-likeness (QED) is 0.301. The van der Waals surface area contributed by atoms with Crippen LogP contribution in [0.2, 0.25) is 0 Å². The summed E-state index contributed by atoms with van der Waals surface area (Å²) in [6.45, 7) is 1.94. The van der Waals surface area contributed by atoms with Crippen molar-refractivity contribution in [3.05, 3.63) is 82.3 Å². The van der Waals surface area contributed by atoms with Crippen molar-refractivity contribution in [3.8, 4) is 0 Å². The van der Waals surface area contributed by atoms with E-state index < -0.39 is 0 Å². The molecule has 0 aliphatic heterocycles. The van der Waals surface area contributed by atoms with Crippen LogP contribution in [0.15, 0.2) is 70.4 Å². The van der Waals surface area contributed by atoms with Crippen LogP contribution in [-0.2, 0) is 11.8 Å². The number of imidazole rings is 1. The molecule has 2 aromatic carbocycles. The van der Waals surface area contributed by atoms with Crippen molar-refractivity contribution in [2.75, 3.05) is 11.1 Å². The number of fused-ring (bicyclic) bond motifs is 1. The molecule has 31 heavy (non-hydrogen) atoms. The van der Waals surface area contributed by atoms with E-state index in [2.05, 4.69) is 31.2 Å². The fraction of sp³-hybridized carbons (Fsp3) is 0.130. The third-order valence-corrected chi connectivity index (χ3v) is 6.18. The lowest BCUT2D eigenvalue weighted by atomic mass is 10.1. The van der Waals surface area contributed by atoms with Gasteiger partial charge in [-0.15, -0.1) is 0 Å². The third-order valence-electron chi connectivity index (χ3n) is 4.78. The Bertz CT molecular complexity index is 1300. The summed E-state index contributed by atoms with van der Waals surface area (Å²) in [5.41, 5.74) is 2.96. The molecule has 0 spiro atoms. The Morgan fingerprint density at radius 2 is 1.97 bits per heavy atom. The highest BCUT2D eigenvalue weighted by Gasteiger charge is 2.19. The molecule has 0 bridgehead atoms. The van der Waals surface area contributed by atoms with Gasteiger partial charge in [0.1, 0.15) is 0 Å². The second kappa shape index (κ2) is 9.03. The molecule has 0 aliphatic carbocycles. The summed E-state index contributed by atoms with van der Waals surface area (Å²) in [7, 11) is 1.79. The lowest BCUT2D eigenvalue weighted by Crippen LogP contribution is -2.15. The Balaban J connectivity index is 1.57. The molecule has 2 aromatic heterocycles. The van der Waals surface area contributed by atoms with Crippen LogP contribution in [0.25, 0.3) is 10.9 Å². The minimum Gasteiger partial charge on any atom is -0.331 e. The first-order valence-corrected chi connectivity index (χ1v) is 11.3. The predicted molar refractivity (Wildman–Crippen MR) is 127 cm³/mol. The largest absolute Gasteiger partial charge is 0.331 e. The SMILES string of the molecule is Cc1cc(Br)ccc1NC(=O)CSc1cc(C(=O)c2nccn2C)c2ccccc2n1. The highest BCUT2D eigenvalue weighted by molar-refractivity contribution is 9.10. The van der Waals surface area contributed by atoms with Gasteiger partial charge in [0.25, 0.3) is 0 Å². The van der Waals surface area contributed by atoms with Gasteiger partial charge >= 0.3 is 0 Å². The van der Waals surface area contributed by atoms with Crippen molar-refractivity contribution in [1.82, 2.24) is 14.5 Å². The fourth-order valence-electron chi connectivity index (χ4n) is 3.21. The summed E-state index contributed by atoms with van der Waals surface area (Å²) in [4.78, 5) is 34.4. The molecule has 0 atom stereocenters. The van der Waals surface area contributed by atoms with E-state index in [9.17, 15) is 9.59 Å². The van der Waals surface area contributed by atoms with E-state index in [-0.39, 0.29) is 17.4 Å².